The maximum Gasteiger partial charge on any atom is 0.104 e. The van der Waals surface area contributed by atoms with Gasteiger partial charge in [-0.15, -0.1) is 0 Å². The average molecular weight is 263 g/mol. The summed E-state index contributed by atoms with van der Waals surface area (Å²) in [5.41, 5.74) is 5.16. The number of hydrogen-bond acceptors (Lipinski definition) is 2. The number of aliphatic hydroxyl groups is 1. The van der Waals surface area contributed by atoms with Crippen LogP contribution in [0.5, 0.6) is 0 Å². The molecule has 1 aromatic heterocycles. The van der Waals surface area contributed by atoms with Crippen molar-refractivity contribution in [3.05, 3.63) is 77.0 Å². The van der Waals surface area contributed by atoms with Gasteiger partial charge in [-0.1, -0.05) is 30.3 Å². The Labute approximate surface area is 118 Å². The van der Waals surface area contributed by atoms with Crippen molar-refractivity contribution < 1.29 is 5.11 Å². The molecule has 0 saturated heterocycles. The minimum absolute atomic E-state index is 0.598. The smallest absolute Gasteiger partial charge is 0.104 e. The molecule has 0 spiro atoms. The first-order valence-corrected chi connectivity index (χ1v) is 6.75. The van der Waals surface area contributed by atoms with E-state index >= 15 is 0 Å². The minimum Gasteiger partial charge on any atom is -0.384 e. The molecule has 0 saturated carbocycles. The number of aryl methyl sites for hydroxylation is 1. The van der Waals surface area contributed by atoms with Crippen LogP contribution in [0.3, 0.4) is 0 Å². The largest absolute Gasteiger partial charge is 0.384 e. The second kappa shape index (κ2) is 5.06. The van der Waals surface area contributed by atoms with E-state index in [0.29, 0.717) is 0 Å². The number of fused-ring (bicyclic) bond motifs is 1. The van der Waals surface area contributed by atoms with E-state index in [0.717, 1.165) is 27.6 Å². The Kier molecular flexibility index (Phi) is 3.25. The van der Waals surface area contributed by atoms with Crippen molar-refractivity contribution in [1.82, 2.24) is 4.98 Å². The van der Waals surface area contributed by atoms with Crippen LogP contribution in [0.1, 0.15) is 28.4 Å². The molecule has 0 amide bonds. The Balaban J connectivity index is 2.08. The summed E-state index contributed by atoms with van der Waals surface area (Å²) in [4.78, 5) is 4.30. The van der Waals surface area contributed by atoms with E-state index in [-0.39, 0.29) is 0 Å². The zero-order valence-corrected chi connectivity index (χ0v) is 11.7. The Bertz CT molecular complexity index is 764. The molecule has 1 unspecified atom stereocenters. The Morgan fingerprint density at radius 3 is 2.70 bits per heavy atom. The summed E-state index contributed by atoms with van der Waals surface area (Å²) in [5.74, 6) is 0. The van der Waals surface area contributed by atoms with Crippen LogP contribution in [0.4, 0.5) is 0 Å². The summed E-state index contributed by atoms with van der Waals surface area (Å²) in [5, 5.41) is 11.7. The lowest BCUT2D eigenvalue weighted by Crippen LogP contribution is -2.03. The number of aromatic nitrogens is 1. The van der Waals surface area contributed by atoms with Gasteiger partial charge in [0.15, 0.2) is 0 Å². The molecule has 2 heteroatoms. The molecule has 100 valence electrons. The van der Waals surface area contributed by atoms with Crippen LogP contribution in [0.25, 0.3) is 10.9 Å². The number of aliphatic hydroxyl groups excluding tert-OH is 1. The molecular weight excluding hydrogens is 246 g/mol. The second-order valence-corrected chi connectivity index (χ2v) is 5.15. The van der Waals surface area contributed by atoms with Gasteiger partial charge in [-0.2, -0.15) is 0 Å². The van der Waals surface area contributed by atoms with Crippen LogP contribution in [0.15, 0.2) is 54.7 Å². The van der Waals surface area contributed by atoms with Crippen molar-refractivity contribution >= 4 is 10.9 Å². The first-order chi connectivity index (χ1) is 9.66. The van der Waals surface area contributed by atoms with Gasteiger partial charge in [0.25, 0.3) is 0 Å². The quantitative estimate of drug-likeness (QED) is 0.760. The van der Waals surface area contributed by atoms with E-state index in [4.69, 9.17) is 0 Å². The monoisotopic (exact) mass is 263 g/mol. The van der Waals surface area contributed by atoms with Crippen molar-refractivity contribution in [3.8, 4) is 0 Å². The summed E-state index contributed by atoms with van der Waals surface area (Å²) < 4.78 is 0. The molecule has 3 rings (SSSR count). The van der Waals surface area contributed by atoms with Crippen LogP contribution in [-0.2, 0) is 0 Å². The number of hydrogen-bond donors (Lipinski definition) is 1. The zero-order chi connectivity index (χ0) is 14.1. The van der Waals surface area contributed by atoms with Gasteiger partial charge >= 0.3 is 0 Å². The fourth-order valence-corrected chi connectivity index (χ4v) is 2.51. The lowest BCUT2D eigenvalue weighted by Gasteiger charge is -2.16. The normalized spacial score (nSPS) is 12.6. The third-order valence-electron chi connectivity index (χ3n) is 3.88. The molecule has 1 atom stereocenters. The molecule has 20 heavy (non-hydrogen) atoms. The molecule has 3 aromatic rings. The van der Waals surface area contributed by atoms with E-state index in [9.17, 15) is 5.11 Å². The number of benzene rings is 2. The summed E-state index contributed by atoms with van der Waals surface area (Å²) >= 11 is 0. The molecule has 2 aromatic carbocycles. The van der Waals surface area contributed by atoms with Crippen molar-refractivity contribution in [2.24, 2.45) is 0 Å². The van der Waals surface area contributed by atoms with Gasteiger partial charge in [0.1, 0.15) is 6.10 Å². The van der Waals surface area contributed by atoms with E-state index in [1.807, 2.05) is 42.5 Å². The zero-order valence-electron chi connectivity index (χ0n) is 11.7. The van der Waals surface area contributed by atoms with Crippen molar-refractivity contribution in [1.29, 1.82) is 0 Å². The molecule has 2 nitrogen and oxygen atoms in total. The summed E-state index contributed by atoms with van der Waals surface area (Å²) in [6, 6.07) is 15.9. The summed E-state index contributed by atoms with van der Waals surface area (Å²) in [6.45, 7) is 4.12. The molecule has 1 heterocycles. The molecule has 0 bridgehead atoms. The predicted octanol–water partition coefficient (Wildman–Crippen LogP) is 3.93. The highest BCUT2D eigenvalue weighted by Crippen LogP contribution is 2.28. The molecule has 0 aliphatic rings. The first kappa shape index (κ1) is 12.8. The van der Waals surface area contributed by atoms with Gasteiger partial charge in [0.2, 0.25) is 0 Å². The molecule has 0 aliphatic carbocycles. The van der Waals surface area contributed by atoms with Gasteiger partial charge in [0.05, 0.1) is 5.52 Å². The van der Waals surface area contributed by atoms with Crippen LogP contribution in [0, 0.1) is 13.8 Å². The van der Waals surface area contributed by atoms with E-state index in [1.54, 1.807) is 6.20 Å². The fourth-order valence-electron chi connectivity index (χ4n) is 2.51. The van der Waals surface area contributed by atoms with Gasteiger partial charge in [0, 0.05) is 11.6 Å². The molecule has 0 aliphatic heterocycles. The third kappa shape index (κ3) is 2.19. The highest BCUT2D eigenvalue weighted by molar-refractivity contribution is 5.79. The van der Waals surface area contributed by atoms with E-state index in [2.05, 4.69) is 24.9 Å². The number of nitrogens with zero attached hydrogens (tertiary/aromatic N) is 1. The topological polar surface area (TPSA) is 33.1 Å². The SMILES string of the molecule is Cc1cccc(C(O)c2ccc3ncccc3c2)c1C. The fraction of sp³-hybridized carbons (Fsp3) is 0.167. The van der Waals surface area contributed by atoms with Crippen LogP contribution in [0.2, 0.25) is 0 Å². The van der Waals surface area contributed by atoms with Crippen LogP contribution in [-0.4, -0.2) is 10.1 Å². The van der Waals surface area contributed by atoms with Crippen LogP contribution < -0.4 is 0 Å². The summed E-state index contributed by atoms with van der Waals surface area (Å²) in [7, 11) is 0. The predicted molar refractivity (Wildman–Crippen MR) is 81.7 cm³/mol. The van der Waals surface area contributed by atoms with Crippen LogP contribution >= 0.6 is 0 Å². The second-order valence-electron chi connectivity index (χ2n) is 5.15. The lowest BCUT2D eigenvalue weighted by molar-refractivity contribution is 0.219. The number of pyridine rings is 1. The molecular formula is C18H17NO. The van der Waals surface area contributed by atoms with Gasteiger partial charge < -0.3 is 5.11 Å². The molecule has 0 radical (unpaired) electrons. The third-order valence-corrected chi connectivity index (χ3v) is 3.88. The maximum absolute atomic E-state index is 10.6. The van der Waals surface area contributed by atoms with Crippen molar-refractivity contribution in [2.75, 3.05) is 0 Å². The van der Waals surface area contributed by atoms with E-state index < -0.39 is 6.10 Å². The minimum atomic E-state index is -0.598. The first-order valence-electron chi connectivity index (χ1n) is 6.75. The van der Waals surface area contributed by atoms with Crippen molar-refractivity contribution in [3.63, 3.8) is 0 Å². The van der Waals surface area contributed by atoms with Crippen molar-refractivity contribution in [2.45, 2.75) is 20.0 Å². The standard InChI is InChI=1S/C18H17NO/c1-12-5-3-7-16(13(12)2)18(20)15-8-9-17-14(11-15)6-4-10-19-17/h3-11,18,20H,1-2H3. The highest BCUT2D eigenvalue weighted by Gasteiger charge is 2.14. The molecule has 1 N–H and O–H groups in total. The van der Waals surface area contributed by atoms with Gasteiger partial charge in [-0.05, 0) is 54.3 Å². The maximum atomic E-state index is 10.6. The molecule has 0 fully saturated rings. The number of rotatable bonds is 2. The Morgan fingerprint density at radius 2 is 1.85 bits per heavy atom. The Morgan fingerprint density at radius 1 is 1.00 bits per heavy atom. The highest BCUT2D eigenvalue weighted by atomic mass is 16.3. The van der Waals surface area contributed by atoms with E-state index in [1.165, 1.54) is 5.56 Å². The average Bonchev–Trinajstić information content (AvgIpc) is 2.49. The lowest BCUT2D eigenvalue weighted by atomic mass is 9.94. The van der Waals surface area contributed by atoms with Gasteiger partial charge in [-0.3, -0.25) is 4.98 Å². The van der Waals surface area contributed by atoms with Gasteiger partial charge in [-0.25, -0.2) is 0 Å². The summed E-state index contributed by atoms with van der Waals surface area (Å²) in [6.07, 6.45) is 1.18. The Hall–Kier alpha value is -2.19.